The van der Waals surface area contributed by atoms with Crippen molar-refractivity contribution in [1.82, 2.24) is 20.0 Å². The molecule has 1 aliphatic rings. The summed E-state index contributed by atoms with van der Waals surface area (Å²) in [5, 5.41) is 7.56. The van der Waals surface area contributed by atoms with E-state index >= 15 is 0 Å². The first kappa shape index (κ1) is 15.8. The van der Waals surface area contributed by atoms with Crippen molar-refractivity contribution >= 4 is 5.96 Å². The summed E-state index contributed by atoms with van der Waals surface area (Å²) in [6, 6.07) is 2.02. The van der Waals surface area contributed by atoms with Crippen molar-refractivity contribution in [3.63, 3.8) is 0 Å². The minimum Gasteiger partial charge on any atom is -0.381 e. The van der Waals surface area contributed by atoms with Gasteiger partial charge in [0.25, 0.3) is 0 Å². The molecule has 0 unspecified atom stereocenters. The van der Waals surface area contributed by atoms with Gasteiger partial charge in [-0.25, -0.2) is 0 Å². The van der Waals surface area contributed by atoms with Crippen molar-refractivity contribution in [1.29, 1.82) is 0 Å². The van der Waals surface area contributed by atoms with Gasteiger partial charge in [-0.2, -0.15) is 5.10 Å². The van der Waals surface area contributed by atoms with E-state index in [-0.39, 0.29) is 0 Å². The lowest BCUT2D eigenvalue weighted by Gasteiger charge is -2.26. The molecule has 21 heavy (non-hydrogen) atoms. The molecule has 0 bridgehead atoms. The van der Waals surface area contributed by atoms with E-state index in [0.717, 1.165) is 43.9 Å². The molecule has 2 rings (SSSR count). The van der Waals surface area contributed by atoms with E-state index in [0.29, 0.717) is 0 Å². The lowest BCUT2D eigenvalue weighted by atomic mass is 9.96. The first-order valence-corrected chi connectivity index (χ1v) is 7.67. The Morgan fingerprint density at radius 3 is 2.90 bits per heavy atom. The van der Waals surface area contributed by atoms with Gasteiger partial charge in [-0.15, -0.1) is 0 Å². The van der Waals surface area contributed by atoms with Crippen LogP contribution < -0.4 is 5.32 Å². The Balaban J connectivity index is 1.75. The zero-order valence-electron chi connectivity index (χ0n) is 13.4. The number of ether oxygens (including phenoxy) is 1. The molecule has 1 aromatic rings. The van der Waals surface area contributed by atoms with Crippen LogP contribution in [0.1, 0.15) is 25.0 Å². The molecule has 1 aliphatic heterocycles. The van der Waals surface area contributed by atoms with Gasteiger partial charge in [-0.05, 0) is 31.2 Å². The van der Waals surface area contributed by atoms with Crippen LogP contribution in [0.3, 0.4) is 0 Å². The summed E-state index contributed by atoms with van der Waals surface area (Å²) in [6.45, 7) is 3.60. The maximum absolute atomic E-state index is 5.41. The third kappa shape index (κ3) is 4.74. The van der Waals surface area contributed by atoms with Crippen molar-refractivity contribution in [2.45, 2.75) is 25.8 Å². The summed E-state index contributed by atoms with van der Waals surface area (Å²) in [5.41, 5.74) is 1.15. The number of rotatable bonds is 5. The fourth-order valence-corrected chi connectivity index (χ4v) is 2.65. The summed E-state index contributed by atoms with van der Waals surface area (Å²) in [6.07, 6.45) is 5.39. The number of aromatic nitrogens is 2. The van der Waals surface area contributed by atoms with Gasteiger partial charge < -0.3 is 15.0 Å². The Bertz CT molecular complexity index is 451. The predicted octanol–water partition coefficient (Wildman–Crippen LogP) is 1.24. The van der Waals surface area contributed by atoms with Crippen LogP contribution in [-0.2, 0) is 18.3 Å². The standard InChI is InChI=1S/C15H27N5O/c1-16-15(17-12-14-4-8-18-20(14)3)19(2)9-5-13-6-10-21-11-7-13/h4,8,13H,5-7,9-12H2,1-3H3,(H,16,17). The largest absolute Gasteiger partial charge is 0.381 e. The zero-order chi connectivity index (χ0) is 15.1. The molecule has 6 heteroatoms. The third-order valence-corrected chi connectivity index (χ3v) is 4.14. The Hall–Kier alpha value is -1.56. The molecule has 0 atom stereocenters. The molecule has 0 aromatic carbocycles. The molecule has 0 saturated carbocycles. The van der Waals surface area contributed by atoms with Gasteiger partial charge in [0.1, 0.15) is 0 Å². The van der Waals surface area contributed by atoms with Crippen LogP contribution in [0.25, 0.3) is 0 Å². The highest BCUT2D eigenvalue weighted by atomic mass is 16.5. The molecule has 1 saturated heterocycles. The molecule has 0 amide bonds. The Morgan fingerprint density at radius 2 is 2.29 bits per heavy atom. The van der Waals surface area contributed by atoms with Crippen LogP contribution in [-0.4, -0.2) is 54.5 Å². The average molecular weight is 293 g/mol. The van der Waals surface area contributed by atoms with Gasteiger partial charge in [0.2, 0.25) is 0 Å². The summed E-state index contributed by atoms with van der Waals surface area (Å²) in [4.78, 5) is 6.56. The summed E-state index contributed by atoms with van der Waals surface area (Å²) < 4.78 is 7.29. The molecular weight excluding hydrogens is 266 g/mol. The second-order valence-corrected chi connectivity index (χ2v) is 5.61. The smallest absolute Gasteiger partial charge is 0.193 e. The second kappa shape index (κ2) is 8.02. The topological polar surface area (TPSA) is 54.7 Å². The minimum atomic E-state index is 0.741. The average Bonchev–Trinajstić information content (AvgIpc) is 2.92. The molecule has 1 aromatic heterocycles. The number of hydrogen-bond donors (Lipinski definition) is 1. The minimum absolute atomic E-state index is 0.741. The number of nitrogens with one attached hydrogen (secondary N) is 1. The van der Waals surface area contributed by atoms with Crippen molar-refractivity contribution in [2.75, 3.05) is 33.9 Å². The van der Waals surface area contributed by atoms with E-state index < -0.39 is 0 Å². The van der Waals surface area contributed by atoms with Crippen molar-refractivity contribution < 1.29 is 4.74 Å². The number of hydrogen-bond acceptors (Lipinski definition) is 3. The zero-order valence-corrected chi connectivity index (χ0v) is 13.4. The van der Waals surface area contributed by atoms with Gasteiger partial charge in [-0.3, -0.25) is 9.67 Å². The van der Waals surface area contributed by atoms with Crippen LogP contribution in [0.4, 0.5) is 0 Å². The highest BCUT2D eigenvalue weighted by molar-refractivity contribution is 5.79. The van der Waals surface area contributed by atoms with E-state index in [4.69, 9.17) is 4.74 Å². The quantitative estimate of drug-likeness (QED) is 0.655. The summed E-state index contributed by atoms with van der Waals surface area (Å²) >= 11 is 0. The first-order chi connectivity index (χ1) is 10.2. The Labute approximate surface area is 127 Å². The molecule has 1 N–H and O–H groups in total. The van der Waals surface area contributed by atoms with Crippen LogP contribution in [0.5, 0.6) is 0 Å². The SMILES string of the molecule is CN=C(NCc1ccnn1C)N(C)CCC1CCOCC1. The molecular formula is C15H27N5O. The summed E-state index contributed by atoms with van der Waals surface area (Å²) in [5.74, 6) is 1.72. The maximum Gasteiger partial charge on any atom is 0.193 e. The predicted molar refractivity (Wildman–Crippen MR) is 84.2 cm³/mol. The monoisotopic (exact) mass is 293 g/mol. The van der Waals surface area contributed by atoms with Gasteiger partial charge in [-0.1, -0.05) is 0 Å². The number of aliphatic imine (C=N–C) groups is 1. The van der Waals surface area contributed by atoms with Crippen molar-refractivity contribution in [3.8, 4) is 0 Å². The van der Waals surface area contributed by atoms with E-state index in [1.165, 1.54) is 19.3 Å². The van der Waals surface area contributed by atoms with Crippen molar-refractivity contribution in [3.05, 3.63) is 18.0 Å². The fourth-order valence-electron chi connectivity index (χ4n) is 2.65. The number of guanidine groups is 1. The first-order valence-electron chi connectivity index (χ1n) is 7.67. The number of nitrogens with zero attached hydrogens (tertiary/aromatic N) is 4. The Kier molecular flexibility index (Phi) is 6.04. The van der Waals surface area contributed by atoms with E-state index in [2.05, 4.69) is 27.4 Å². The van der Waals surface area contributed by atoms with Gasteiger partial charge in [0, 0.05) is 47.1 Å². The van der Waals surface area contributed by atoms with Crippen LogP contribution in [0, 0.1) is 5.92 Å². The Morgan fingerprint density at radius 1 is 1.52 bits per heavy atom. The molecule has 1 fully saturated rings. The van der Waals surface area contributed by atoms with Crippen molar-refractivity contribution in [2.24, 2.45) is 18.0 Å². The third-order valence-electron chi connectivity index (χ3n) is 4.14. The molecule has 2 heterocycles. The molecule has 0 spiro atoms. The highest BCUT2D eigenvalue weighted by Gasteiger charge is 2.15. The molecule has 0 aliphatic carbocycles. The van der Waals surface area contributed by atoms with E-state index in [1.807, 2.05) is 31.0 Å². The lowest BCUT2D eigenvalue weighted by Crippen LogP contribution is -2.40. The number of aryl methyl sites for hydroxylation is 1. The van der Waals surface area contributed by atoms with Crippen LogP contribution in [0.2, 0.25) is 0 Å². The van der Waals surface area contributed by atoms with Crippen LogP contribution >= 0.6 is 0 Å². The van der Waals surface area contributed by atoms with Crippen LogP contribution in [0.15, 0.2) is 17.3 Å². The van der Waals surface area contributed by atoms with Gasteiger partial charge >= 0.3 is 0 Å². The van der Waals surface area contributed by atoms with E-state index in [1.54, 1.807) is 0 Å². The maximum atomic E-state index is 5.41. The van der Waals surface area contributed by atoms with E-state index in [9.17, 15) is 0 Å². The molecule has 118 valence electrons. The molecule has 0 radical (unpaired) electrons. The summed E-state index contributed by atoms with van der Waals surface area (Å²) in [7, 11) is 5.88. The lowest BCUT2D eigenvalue weighted by molar-refractivity contribution is 0.0625. The van der Waals surface area contributed by atoms with Gasteiger partial charge in [0.05, 0.1) is 12.2 Å². The second-order valence-electron chi connectivity index (χ2n) is 5.61. The normalized spacial score (nSPS) is 17.0. The highest BCUT2D eigenvalue weighted by Crippen LogP contribution is 2.18. The van der Waals surface area contributed by atoms with Gasteiger partial charge in [0.15, 0.2) is 5.96 Å². The fraction of sp³-hybridized carbons (Fsp3) is 0.733. The molecule has 6 nitrogen and oxygen atoms in total.